The Morgan fingerprint density at radius 3 is 2.58 bits per heavy atom. The van der Waals surface area contributed by atoms with Crippen molar-refractivity contribution in [1.29, 1.82) is 0 Å². The topological polar surface area (TPSA) is 84.2 Å². The Labute approximate surface area is 120 Å². The molecule has 4 N–H and O–H groups in total. The van der Waals surface area contributed by atoms with Crippen molar-refractivity contribution in [3.05, 3.63) is 0 Å². The van der Waals surface area contributed by atoms with Gasteiger partial charge in [0.05, 0.1) is 0 Å². The fourth-order valence-electron chi connectivity index (χ4n) is 2.94. The normalized spacial score (nSPS) is 24.1. The van der Waals surface area contributed by atoms with E-state index < -0.39 is 0 Å². The third-order valence-electron chi connectivity index (χ3n) is 4.17. The van der Waals surface area contributed by atoms with Gasteiger partial charge in [0, 0.05) is 18.4 Å². The van der Waals surface area contributed by atoms with Crippen LogP contribution in [-0.4, -0.2) is 30.4 Å². The molecule has 1 saturated heterocycles. The summed E-state index contributed by atoms with van der Waals surface area (Å²) in [7, 11) is 0. The van der Waals surface area contributed by atoms with Gasteiger partial charge in [0.15, 0.2) is 0 Å². The molecule has 1 saturated carbocycles. The van der Waals surface area contributed by atoms with Crippen molar-refractivity contribution in [2.75, 3.05) is 13.1 Å². The predicted octanol–water partition coefficient (Wildman–Crippen LogP) is 0.712. The summed E-state index contributed by atoms with van der Waals surface area (Å²) in [6.45, 7) is 2.09. The van der Waals surface area contributed by atoms with Crippen molar-refractivity contribution in [1.82, 2.24) is 10.6 Å². The number of nitrogens with two attached hydrogens (primary N) is 1. The van der Waals surface area contributed by atoms with Gasteiger partial charge in [-0.05, 0) is 51.1 Å². The van der Waals surface area contributed by atoms with E-state index in [9.17, 15) is 9.59 Å². The van der Waals surface area contributed by atoms with Gasteiger partial charge < -0.3 is 16.4 Å². The Bertz CT molecular complexity index is 326. The molecule has 1 heterocycles. The van der Waals surface area contributed by atoms with E-state index in [1.165, 1.54) is 6.42 Å². The first-order valence-electron chi connectivity index (χ1n) is 6.90. The van der Waals surface area contributed by atoms with Gasteiger partial charge in [0.1, 0.15) is 0 Å². The molecule has 0 radical (unpaired) electrons. The molecule has 0 aromatic heterocycles. The summed E-state index contributed by atoms with van der Waals surface area (Å²) in [6.07, 6.45) is 5.78. The number of carbonyl (C=O) groups excluding carboxylic acids is 2. The molecule has 2 rings (SSSR count). The number of halogens is 1. The van der Waals surface area contributed by atoms with E-state index in [1.54, 1.807) is 0 Å². The first kappa shape index (κ1) is 16.2. The lowest BCUT2D eigenvalue weighted by atomic mass is 9.74. The van der Waals surface area contributed by atoms with Crippen LogP contribution in [0.1, 0.15) is 44.9 Å². The Hall–Kier alpha value is -0.810. The number of primary amides is 1. The number of carbonyl (C=O) groups is 2. The molecule has 2 amide bonds. The summed E-state index contributed by atoms with van der Waals surface area (Å²) < 4.78 is 0. The maximum absolute atomic E-state index is 11.9. The number of hydrogen-bond acceptors (Lipinski definition) is 3. The average molecular weight is 290 g/mol. The summed E-state index contributed by atoms with van der Waals surface area (Å²) in [6, 6.07) is 0. The molecule has 0 bridgehead atoms. The van der Waals surface area contributed by atoms with Crippen molar-refractivity contribution in [2.24, 2.45) is 11.7 Å². The van der Waals surface area contributed by atoms with Gasteiger partial charge >= 0.3 is 0 Å². The van der Waals surface area contributed by atoms with E-state index in [4.69, 9.17) is 5.73 Å². The van der Waals surface area contributed by atoms with Crippen LogP contribution in [0.2, 0.25) is 0 Å². The van der Waals surface area contributed by atoms with Gasteiger partial charge in [-0.25, -0.2) is 0 Å². The minimum Gasteiger partial charge on any atom is -0.370 e. The predicted molar refractivity (Wildman–Crippen MR) is 76.0 cm³/mol. The zero-order valence-electron chi connectivity index (χ0n) is 11.2. The van der Waals surface area contributed by atoms with Crippen molar-refractivity contribution in [3.63, 3.8) is 0 Å². The minimum absolute atomic E-state index is 0. The maximum atomic E-state index is 11.9. The molecular formula is C13H24ClN3O2. The second kappa shape index (κ2) is 7.10. The summed E-state index contributed by atoms with van der Waals surface area (Å²) in [5.74, 6) is 0.377. The number of rotatable bonds is 6. The summed E-state index contributed by atoms with van der Waals surface area (Å²) in [5, 5.41) is 6.32. The van der Waals surface area contributed by atoms with E-state index in [1.807, 2.05) is 0 Å². The lowest BCUT2D eigenvalue weighted by molar-refractivity contribution is -0.126. The molecule has 2 fully saturated rings. The van der Waals surface area contributed by atoms with Crippen LogP contribution < -0.4 is 16.4 Å². The SMILES string of the molecule is Cl.NC(=O)CC1(NC(=O)CCC2CCNC2)CCC1. The minimum atomic E-state index is -0.324. The van der Waals surface area contributed by atoms with Crippen LogP contribution in [-0.2, 0) is 9.59 Å². The Kier molecular flexibility index (Phi) is 6.07. The summed E-state index contributed by atoms with van der Waals surface area (Å²) in [5.41, 5.74) is 4.92. The van der Waals surface area contributed by atoms with Crippen molar-refractivity contribution >= 4 is 24.2 Å². The molecular weight excluding hydrogens is 266 g/mol. The van der Waals surface area contributed by atoms with E-state index in [-0.39, 0.29) is 36.2 Å². The van der Waals surface area contributed by atoms with Gasteiger partial charge in [0.2, 0.25) is 11.8 Å². The highest BCUT2D eigenvalue weighted by Gasteiger charge is 2.39. The quantitative estimate of drug-likeness (QED) is 0.673. The zero-order chi connectivity index (χ0) is 13.0. The van der Waals surface area contributed by atoms with Crippen LogP contribution in [0.5, 0.6) is 0 Å². The molecule has 110 valence electrons. The highest BCUT2D eigenvalue weighted by Crippen LogP contribution is 2.34. The van der Waals surface area contributed by atoms with E-state index in [0.29, 0.717) is 12.3 Å². The number of nitrogens with one attached hydrogen (secondary N) is 2. The zero-order valence-corrected chi connectivity index (χ0v) is 12.1. The molecule has 0 aromatic rings. The summed E-state index contributed by atoms with van der Waals surface area (Å²) >= 11 is 0. The second-order valence-corrected chi connectivity index (χ2v) is 5.72. The Morgan fingerprint density at radius 1 is 1.37 bits per heavy atom. The Balaban J connectivity index is 0.00000180. The van der Waals surface area contributed by atoms with E-state index in [2.05, 4.69) is 10.6 Å². The molecule has 0 spiro atoms. The monoisotopic (exact) mass is 289 g/mol. The number of hydrogen-bond donors (Lipinski definition) is 3. The van der Waals surface area contributed by atoms with Crippen molar-refractivity contribution < 1.29 is 9.59 Å². The second-order valence-electron chi connectivity index (χ2n) is 5.72. The van der Waals surface area contributed by atoms with Crippen LogP contribution in [0.25, 0.3) is 0 Å². The lowest BCUT2D eigenvalue weighted by Gasteiger charge is -2.41. The fraction of sp³-hybridized carbons (Fsp3) is 0.846. The largest absolute Gasteiger partial charge is 0.370 e. The standard InChI is InChI=1S/C13H23N3O2.ClH/c14-11(17)8-13(5-1-6-13)16-12(18)3-2-10-4-7-15-9-10;/h10,15H,1-9H2,(H2,14,17)(H,16,18);1H. The van der Waals surface area contributed by atoms with E-state index >= 15 is 0 Å². The molecule has 0 aromatic carbocycles. The van der Waals surface area contributed by atoms with Gasteiger partial charge in [-0.2, -0.15) is 0 Å². The fourth-order valence-corrected chi connectivity index (χ4v) is 2.94. The third kappa shape index (κ3) is 4.66. The smallest absolute Gasteiger partial charge is 0.220 e. The first-order valence-corrected chi connectivity index (χ1v) is 6.90. The van der Waals surface area contributed by atoms with Crippen LogP contribution in [0.4, 0.5) is 0 Å². The van der Waals surface area contributed by atoms with Gasteiger partial charge in [-0.3, -0.25) is 9.59 Å². The Morgan fingerprint density at radius 2 is 2.11 bits per heavy atom. The van der Waals surface area contributed by atoms with Crippen LogP contribution in [0.15, 0.2) is 0 Å². The van der Waals surface area contributed by atoms with Gasteiger partial charge in [-0.1, -0.05) is 0 Å². The molecule has 1 atom stereocenters. The molecule has 1 aliphatic heterocycles. The van der Waals surface area contributed by atoms with Gasteiger partial charge in [-0.15, -0.1) is 12.4 Å². The first-order chi connectivity index (χ1) is 8.60. The van der Waals surface area contributed by atoms with E-state index in [0.717, 1.165) is 38.8 Å². The number of amides is 2. The maximum Gasteiger partial charge on any atom is 0.220 e. The lowest BCUT2D eigenvalue weighted by Crippen LogP contribution is -2.55. The van der Waals surface area contributed by atoms with Crippen LogP contribution >= 0.6 is 12.4 Å². The average Bonchev–Trinajstić information content (AvgIpc) is 2.75. The molecule has 6 heteroatoms. The highest BCUT2D eigenvalue weighted by molar-refractivity contribution is 5.85. The van der Waals surface area contributed by atoms with Crippen molar-refractivity contribution in [2.45, 2.75) is 50.5 Å². The third-order valence-corrected chi connectivity index (χ3v) is 4.17. The molecule has 1 aliphatic carbocycles. The summed E-state index contributed by atoms with van der Waals surface area (Å²) in [4.78, 5) is 22.9. The molecule has 5 nitrogen and oxygen atoms in total. The van der Waals surface area contributed by atoms with Crippen molar-refractivity contribution in [3.8, 4) is 0 Å². The van der Waals surface area contributed by atoms with Crippen LogP contribution in [0, 0.1) is 5.92 Å². The molecule has 1 unspecified atom stereocenters. The molecule has 2 aliphatic rings. The molecule has 19 heavy (non-hydrogen) atoms. The highest BCUT2D eigenvalue weighted by atomic mass is 35.5. The van der Waals surface area contributed by atoms with Gasteiger partial charge in [0.25, 0.3) is 0 Å². The van der Waals surface area contributed by atoms with Crippen LogP contribution in [0.3, 0.4) is 0 Å².